The maximum Gasteiger partial charge on any atom is 0.276 e. The molecule has 1 aliphatic rings. The number of hydrogen-bond acceptors (Lipinski definition) is 5. The van der Waals surface area contributed by atoms with Crippen LogP contribution in [0.1, 0.15) is 37.7 Å². The van der Waals surface area contributed by atoms with E-state index in [0.717, 1.165) is 12.2 Å². The first kappa shape index (κ1) is 16.6. The van der Waals surface area contributed by atoms with Gasteiger partial charge < -0.3 is 9.15 Å². The van der Waals surface area contributed by atoms with Crippen molar-refractivity contribution in [3.8, 4) is 5.75 Å². The van der Waals surface area contributed by atoms with E-state index >= 15 is 0 Å². The highest BCUT2D eigenvalue weighted by atomic mass is 32.2. The molecular formula is C17H20N2O4S. The lowest BCUT2D eigenvalue weighted by Crippen LogP contribution is -2.18. The summed E-state index contributed by atoms with van der Waals surface area (Å²) < 4.78 is 35.3. The first-order valence-electron chi connectivity index (χ1n) is 7.87. The van der Waals surface area contributed by atoms with Crippen molar-refractivity contribution in [3.05, 3.63) is 47.9 Å². The van der Waals surface area contributed by atoms with E-state index in [1.807, 2.05) is 13.0 Å². The summed E-state index contributed by atoms with van der Waals surface area (Å²) >= 11 is 0. The molecule has 0 aliphatic heterocycles. The monoisotopic (exact) mass is 348 g/mol. The van der Waals surface area contributed by atoms with Gasteiger partial charge in [0.15, 0.2) is 0 Å². The molecule has 6 nitrogen and oxygen atoms in total. The van der Waals surface area contributed by atoms with Crippen molar-refractivity contribution in [3.63, 3.8) is 0 Å². The van der Waals surface area contributed by atoms with Crippen LogP contribution in [0, 0.1) is 5.92 Å². The van der Waals surface area contributed by atoms with Crippen molar-refractivity contribution in [2.24, 2.45) is 11.0 Å². The van der Waals surface area contributed by atoms with Gasteiger partial charge in [0.1, 0.15) is 17.3 Å². The quantitative estimate of drug-likeness (QED) is 0.616. The molecule has 3 rings (SSSR count). The highest BCUT2D eigenvalue weighted by Gasteiger charge is 2.36. The molecule has 0 saturated heterocycles. The van der Waals surface area contributed by atoms with Gasteiger partial charge in [-0.05, 0) is 55.7 Å². The Morgan fingerprint density at radius 1 is 1.29 bits per heavy atom. The molecule has 1 heterocycles. The minimum absolute atomic E-state index is 0.120. The van der Waals surface area contributed by atoms with Crippen LogP contribution in [0.4, 0.5) is 0 Å². The summed E-state index contributed by atoms with van der Waals surface area (Å²) in [6.45, 7) is 4.57. The van der Waals surface area contributed by atoms with Crippen LogP contribution in [0.25, 0.3) is 0 Å². The van der Waals surface area contributed by atoms with Gasteiger partial charge in [-0.25, -0.2) is 0 Å². The second-order valence-electron chi connectivity index (χ2n) is 5.82. The fourth-order valence-electron chi connectivity index (χ4n) is 2.45. The summed E-state index contributed by atoms with van der Waals surface area (Å²) in [6.07, 6.45) is 2.50. The zero-order chi connectivity index (χ0) is 17.2. The Balaban J connectivity index is 1.62. The number of rotatable bonds is 7. The van der Waals surface area contributed by atoms with Crippen LogP contribution in [-0.2, 0) is 10.0 Å². The minimum Gasteiger partial charge on any atom is -0.494 e. The molecule has 0 unspecified atom stereocenters. The molecule has 1 N–H and O–H groups in total. The van der Waals surface area contributed by atoms with Gasteiger partial charge in [-0.1, -0.05) is 6.92 Å². The van der Waals surface area contributed by atoms with Crippen molar-refractivity contribution >= 4 is 16.2 Å². The maximum absolute atomic E-state index is 12.2. The Bertz CT molecular complexity index is 825. The van der Waals surface area contributed by atoms with Crippen molar-refractivity contribution in [1.29, 1.82) is 0 Å². The summed E-state index contributed by atoms with van der Waals surface area (Å²) in [6, 6.07) is 9.87. The molecule has 1 saturated carbocycles. The first-order chi connectivity index (χ1) is 11.5. The van der Waals surface area contributed by atoms with Crippen LogP contribution in [-0.4, -0.2) is 21.2 Å². The molecule has 128 valence electrons. The van der Waals surface area contributed by atoms with E-state index in [-0.39, 0.29) is 4.90 Å². The number of nitrogens with one attached hydrogen (secondary N) is 1. The number of benzene rings is 1. The molecule has 2 aromatic rings. The van der Waals surface area contributed by atoms with Gasteiger partial charge >= 0.3 is 0 Å². The molecule has 0 spiro atoms. The Kier molecular flexibility index (Phi) is 4.62. The summed E-state index contributed by atoms with van der Waals surface area (Å²) in [5, 5.41) is 3.77. The number of nitrogens with zero attached hydrogens (tertiary/aromatic N) is 1. The third-order valence-electron chi connectivity index (χ3n) is 3.93. The fourth-order valence-corrected chi connectivity index (χ4v) is 3.24. The van der Waals surface area contributed by atoms with Gasteiger partial charge in [0, 0.05) is 5.92 Å². The smallest absolute Gasteiger partial charge is 0.276 e. The topological polar surface area (TPSA) is 80.9 Å². The van der Waals surface area contributed by atoms with E-state index in [2.05, 4.69) is 16.9 Å². The van der Waals surface area contributed by atoms with Crippen LogP contribution < -0.4 is 9.57 Å². The van der Waals surface area contributed by atoms with Gasteiger partial charge in [0.05, 0.1) is 17.7 Å². The Morgan fingerprint density at radius 3 is 2.62 bits per heavy atom. The van der Waals surface area contributed by atoms with E-state index in [4.69, 9.17) is 9.15 Å². The molecule has 0 bridgehead atoms. The zero-order valence-electron chi connectivity index (χ0n) is 13.6. The molecular weight excluding hydrogens is 328 g/mol. The average molecular weight is 348 g/mol. The Labute approximate surface area is 141 Å². The number of furan rings is 1. The summed E-state index contributed by atoms with van der Waals surface area (Å²) in [5.74, 6) is 3.21. The van der Waals surface area contributed by atoms with Gasteiger partial charge in [-0.2, -0.15) is 18.4 Å². The predicted molar refractivity (Wildman–Crippen MR) is 90.8 cm³/mol. The normalized spacial score (nSPS) is 20.2. The lowest BCUT2D eigenvalue weighted by Gasteiger charge is -2.05. The van der Waals surface area contributed by atoms with Crippen molar-refractivity contribution in [1.82, 2.24) is 4.83 Å². The van der Waals surface area contributed by atoms with Crippen LogP contribution >= 0.6 is 0 Å². The van der Waals surface area contributed by atoms with E-state index < -0.39 is 10.0 Å². The molecule has 24 heavy (non-hydrogen) atoms. The number of sulfonamides is 1. The second-order valence-corrected chi connectivity index (χ2v) is 7.48. The van der Waals surface area contributed by atoms with Gasteiger partial charge in [0.2, 0.25) is 0 Å². The molecule has 2 atom stereocenters. The maximum atomic E-state index is 12.2. The van der Waals surface area contributed by atoms with Crippen LogP contribution in [0.2, 0.25) is 0 Å². The predicted octanol–water partition coefficient (Wildman–Crippen LogP) is 3.11. The van der Waals surface area contributed by atoms with Gasteiger partial charge in [-0.15, -0.1) is 0 Å². The van der Waals surface area contributed by atoms with E-state index in [9.17, 15) is 8.42 Å². The minimum atomic E-state index is -3.71. The Morgan fingerprint density at radius 2 is 2.00 bits per heavy atom. The second kappa shape index (κ2) is 6.68. The molecule has 0 amide bonds. The van der Waals surface area contributed by atoms with Crippen molar-refractivity contribution in [2.45, 2.75) is 31.1 Å². The average Bonchev–Trinajstić information content (AvgIpc) is 3.09. The standard InChI is InChI=1S/C17H20N2O4S/c1-3-22-13-4-7-15(8-5-13)24(20,21)19-18-11-14-6-9-17(23-14)16-10-12(16)2/h4-9,11-12,16,19H,3,10H2,1-2H3/b18-11-/t12-,16-/m0/s1. The lowest BCUT2D eigenvalue weighted by atomic mass is 10.3. The highest BCUT2D eigenvalue weighted by Crippen LogP contribution is 2.47. The molecule has 1 aromatic carbocycles. The summed E-state index contributed by atoms with van der Waals surface area (Å²) in [7, 11) is -3.71. The van der Waals surface area contributed by atoms with Crippen molar-refractivity contribution < 1.29 is 17.6 Å². The summed E-state index contributed by atoms with van der Waals surface area (Å²) in [4.78, 5) is 2.30. The van der Waals surface area contributed by atoms with Crippen molar-refractivity contribution in [2.75, 3.05) is 6.61 Å². The number of ether oxygens (including phenoxy) is 1. The molecule has 1 aromatic heterocycles. The third-order valence-corrected chi connectivity index (χ3v) is 5.17. The largest absolute Gasteiger partial charge is 0.494 e. The first-order valence-corrected chi connectivity index (χ1v) is 9.35. The van der Waals surface area contributed by atoms with Gasteiger partial charge in [-0.3, -0.25) is 0 Å². The Hall–Kier alpha value is -2.28. The molecule has 1 aliphatic carbocycles. The van der Waals surface area contributed by atoms with E-state index in [0.29, 0.717) is 30.0 Å². The van der Waals surface area contributed by atoms with Gasteiger partial charge in [0.25, 0.3) is 10.0 Å². The number of hydrazone groups is 1. The SMILES string of the molecule is CCOc1ccc(S(=O)(=O)N/N=C\c2ccc([C@H]3C[C@@H]3C)o2)cc1. The summed E-state index contributed by atoms with van der Waals surface area (Å²) in [5.41, 5.74) is 0. The van der Waals surface area contributed by atoms with E-state index in [1.54, 1.807) is 18.2 Å². The van der Waals surface area contributed by atoms with Crippen LogP contribution in [0.3, 0.4) is 0 Å². The molecule has 7 heteroatoms. The molecule has 1 fully saturated rings. The van der Waals surface area contributed by atoms with Crippen LogP contribution in [0.15, 0.2) is 50.8 Å². The van der Waals surface area contributed by atoms with E-state index in [1.165, 1.54) is 18.3 Å². The van der Waals surface area contributed by atoms with Crippen LogP contribution in [0.5, 0.6) is 5.75 Å². The molecule has 0 radical (unpaired) electrons. The lowest BCUT2D eigenvalue weighted by molar-refractivity contribution is 0.340. The number of hydrogen-bond donors (Lipinski definition) is 1. The highest BCUT2D eigenvalue weighted by molar-refractivity contribution is 7.89. The zero-order valence-corrected chi connectivity index (χ0v) is 14.4. The third kappa shape index (κ3) is 3.79. The fraction of sp³-hybridized carbons (Fsp3) is 0.353.